The first-order valence-corrected chi connectivity index (χ1v) is 18.3. The van der Waals surface area contributed by atoms with E-state index in [9.17, 15) is 19.8 Å². The van der Waals surface area contributed by atoms with E-state index in [2.05, 4.69) is 50.2 Å². The molecular weight excluding hydrogens is 632 g/mol. The van der Waals surface area contributed by atoms with Crippen LogP contribution in [0.1, 0.15) is 75.9 Å². The summed E-state index contributed by atoms with van der Waals surface area (Å²) < 4.78 is 6.03. The number of methoxy groups -OCH3 is 1. The van der Waals surface area contributed by atoms with Crippen LogP contribution in [0.15, 0.2) is 36.4 Å². The third-order valence-corrected chi connectivity index (χ3v) is 12.0. The normalized spacial score (nSPS) is 28.6. The minimum Gasteiger partial charge on any atom is -0.496 e. The van der Waals surface area contributed by atoms with E-state index in [0.717, 1.165) is 35.2 Å². The summed E-state index contributed by atoms with van der Waals surface area (Å²) in [6, 6.07) is 10.9. The summed E-state index contributed by atoms with van der Waals surface area (Å²) in [5, 5.41) is 29.4. The van der Waals surface area contributed by atoms with Crippen molar-refractivity contribution in [3.63, 3.8) is 0 Å². The molecule has 3 aliphatic carbocycles. The van der Waals surface area contributed by atoms with Gasteiger partial charge in [-0.25, -0.2) is 0 Å². The number of ether oxygens (including phenoxy) is 1. The standard InChI is InChI=1S/C40H60N4O6/c1-22(2)33(20-43(8)9)42-38(47)28-15-23(3)14-27(16-28)30-13-11-12-26(37(30)49-10)19-44-36(35(25(5)46)34(21-45)50-44)39(48)41-32-18-29-17-31(24(32)4)40(29,6)7/h11-16,22,24-25,29,31-36,45-46H,17-21H2,1-10H3,(H,41,48)(H,42,47)/t24-,25-,29+,31-,32-,33-,34-,35-,36-/m0/s1. The fourth-order valence-corrected chi connectivity index (χ4v) is 8.97. The van der Waals surface area contributed by atoms with E-state index in [-0.39, 0.29) is 43.0 Å². The van der Waals surface area contributed by atoms with Gasteiger partial charge in [0, 0.05) is 41.2 Å². The number of amides is 2. The zero-order chi connectivity index (χ0) is 36.7. The number of hydrogen-bond donors (Lipinski definition) is 4. The number of fused-ring (bicyclic) bond motifs is 2. The van der Waals surface area contributed by atoms with Crippen molar-refractivity contribution in [2.24, 2.45) is 35.0 Å². The lowest BCUT2D eigenvalue weighted by molar-refractivity contribution is -0.183. The molecular formula is C40H60N4O6. The lowest BCUT2D eigenvalue weighted by Gasteiger charge is -2.62. The van der Waals surface area contributed by atoms with E-state index in [0.29, 0.717) is 34.5 Å². The van der Waals surface area contributed by atoms with Crippen LogP contribution in [0.25, 0.3) is 11.1 Å². The van der Waals surface area contributed by atoms with Gasteiger partial charge in [0.15, 0.2) is 0 Å². The highest BCUT2D eigenvalue weighted by molar-refractivity contribution is 5.96. The summed E-state index contributed by atoms with van der Waals surface area (Å²) in [5.41, 5.74) is 4.22. The molecule has 10 heteroatoms. The molecule has 2 bridgehead atoms. The van der Waals surface area contributed by atoms with Gasteiger partial charge < -0.3 is 30.5 Å². The molecule has 0 aromatic heterocycles. The monoisotopic (exact) mass is 692 g/mol. The molecule has 276 valence electrons. The molecule has 0 spiro atoms. The van der Waals surface area contributed by atoms with Crippen LogP contribution < -0.4 is 15.4 Å². The number of hydroxylamine groups is 2. The molecule has 2 amide bonds. The summed E-state index contributed by atoms with van der Waals surface area (Å²) in [5.74, 6) is 1.41. The largest absolute Gasteiger partial charge is 0.496 e. The van der Waals surface area contributed by atoms with Crippen molar-refractivity contribution in [2.75, 3.05) is 34.4 Å². The number of aliphatic hydroxyl groups is 2. The maximum absolute atomic E-state index is 14.2. The van der Waals surface area contributed by atoms with Gasteiger partial charge in [-0.15, -0.1) is 0 Å². The van der Waals surface area contributed by atoms with Crippen molar-refractivity contribution < 1.29 is 29.4 Å². The molecule has 4 aliphatic rings. The molecule has 1 heterocycles. The molecule has 2 aromatic rings. The Morgan fingerprint density at radius 3 is 2.44 bits per heavy atom. The first kappa shape index (κ1) is 38.2. The zero-order valence-corrected chi connectivity index (χ0v) is 31.7. The number of benzene rings is 2. The van der Waals surface area contributed by atoms with Crippen molar-refractivity contribution in [1.82, 2.24) is 20.6 Å². The average Bonchev–Trinajstić information content (AvgIpc) is 3.43. The summed E-state index contributed by atoms with van der Waals surface area (Å²) >= 11 is 0. The van der Waals surface area contributed by atoms with E-state index >= 15 is 0 Å². The number of nitrogens with one attached hydrogen (secondary N) is 2. The average molecular weight is 693 g/mol. The van der Waals surface area contributed by atoms with Gasteiger partial charge in [0.2, 0.25) is 5.91 Å². The van der Waals surface area contributed by atoms with Crippen molar-refractivity contribution in [3.8, 4) is 16.9 Å². The highest BCUT2D eigenvalue weighted by Gasteiger charge is 2.57. The van der Waals surface area contributed by atoms with E-state index < -0.39 is 24.2 Å². The van der Waals surface area contributed by atoms with E-state index in [4.69, 9.17) is 9.57 Å². The molecule has 1 saturated heterocycles. The summed E-state index contributed by atoms with van der Waals surface area (Å²) in [6.45, 7) is 15.3. The number of para-hydroxylation sites is 1. The smallest absolute Gasteiger partial charge is 0.251 e. The molecule has 10 nitrogen and oxygen atoms in total. The van der Waals surface area contributed by atoms with E-state index in [1.807, 2.05) is 57.4 Å². The molecule has 2 aromatic carbocycles. The minimum atomic E-state index is -0.887. The highest BCUT2D eigenvalue weighted by atomic mass is 16.7. The number of carbonyl (C=O) groups is 2. The van der Waals surface area contributed by atoms with Crippen molar-refractivity contribution >= 4 is 11.8 Å². The molecule has 3 saturated carbocycles. The Bertz CT molecular complexity index is 1530. The SMILES string of the molecule is COc1c(CN2O[C@@H](CO)[C@H]([C@H](C)O)[C@H]2C(=O)N[C@H]2C[C@H]3C[C@@H]([C@@H]2C)C3(C)C)cccc1-c1cc(C)cc(C(=O)N[C@@H](CN(C)C)C(C)C)c1. The summed E-state index contributed by atoms with van der Waals surface area (Å²) in [6.07, 6.45) is 0.519. The van der Waals surface area contributed by atoms with Crippen LogP contribution in [0.5, 0.6) is 5.75 Å². The number of nitrogens with zero attached hydrogens (tertiary/aromatic N) is 2. The number of rotatable bonds is 13. The van der Waals surface area contributed by atoms with Gasteiger partial charge in [0.05, 0.1) is 26.4 Å². The molecule has 0 unspecified atom stereocenters. The van der Waals surface area contributed by atoms with E-state index in [1.165, 1.54) is 6.42 Å². The van der Waals surface area contributed by atoms with Gasteiger partial charge in [0.1, 0.15) is 17.9 Å². The molecule has 4 fully saturated rings. The predicted octanol–water partition coefficient (Wildman–Crippen LogP) is 4.65. The Balaban J connectivity index is 1.42. The first-order chi connectivity index (χ1) is 23.6. The second-order valence-corrected chi connectivity index (χ2v) is 16.4. The van der Waals surface area contributed by atoms with Gasteiger partial charge in [-0.2, -0.15) is 5.06 Å². The second kappa shape index (κ2) is 15.3. The zero-order valence-electron chi connectivity index (χ0n) is 31.7. The fraction of sp³-hybridized carbons (Fsp3) is 0.650. The minimum absolute atomic E-state index is 0.00277. The second-order valence-electron chi connectivity index (χ2n) is 16.4. The number of aryl methyl sites for hydroxylation is 1. The number of likely N-dealkylation sites (N-methyl/N-ethyl adjacent to an activating group) is 1. The topological polar surface area (TPSA) is 124 Å². The Morgan fingerprint density at radius 1 is 1.14 bits per heavy atom. The molecule has 0 radical (unpaired) electrons. The molecule has 4 N–H and O–H groups in total. The molecule has 50 heavy (non-hydrogen) atoms. The van der Waals surface area contributed by atoms with Gasteiger partial charge in [0.25, 0.3) is 5.91 Å². The van der Waals surface area contributed by atoms with Crippen molar-refractivity contribution in [2.45, 2.75) is 98.2 Å². The highest BCUT2D eigenvalue weighted by Crippen LogP contribution is 2.61. The predicted molar refractivity (Wildman–Crippen MR) is 195 cm³/mol. The van der Waals surface area contributed by atoms with Crippen LogP contribution in [0, 0.1) is 41.9 Å². The van der Waals surface area contributed by atoms with Crippen molar-refractivity contribution in [3.05, 3.63) is 53.1 Å². The van der Waals surface area contributed by atoms with E-state index in [1.54, 1.807) is 19.1 Å². The quantitative estimate of drug-likeness (QED) is 0.240. The lowest BCUT2D eigenvalue weighted by Crippen LogP contribution is -2.62. The van der Waals surface area contributed by atoms with Crippen LogP contribution in [0.4, 0.5) is 0 Å². The van der Waals surface area contributed by atoms with Crippen LogP contribution in [0.2, 0.25) is 0 Å². The first-order valence-electron chi connectivity index (χ1n) is 18.3. The van der Waals surface area contributed by atoms with Crippen LogP contribution in [-0.2, 0) is 16.2 Å². The van der Waals surface area contributed by atoms with Gasteiger partial charge >= 0.3 is 0 Å². The lowest BCUT2D eigenvalue weighted by atomic mass is 9.45. The number of aliphatic hydroxyl groups excluding tert-OH is 2. The third-order valence-electron chi connectivity index (χ3n) is 12.0. The third kappa shape index (κ3) is 7.60. The van der Waals surface area contributed by atoms with Crippen LogP contribution in [-0.4, -0.2) is 96.7 Å². The van der Waals surface area contributed by atoms with Gasteiger partial charge in [-0.3, -0.25) is 14.4 Å². The molecule has 6 rings (SSSR count). The fourth-order valence-electron chi connectivity index (χ4n) is 8.97. The van der Waals surface area contributed by atoms with Crippen LogP contribution in [0.3, 0.4) is 0 Å². The Hall–Kier alpha value is -3.02. The summed E-state index contributed by atoms with van der Waals surface area (Å²) in [4.78, 5) is 36.0. The summed E-state index contributed by atoms with van der Waals surface area (Å²) in [7, 11) is 5.62. The van der Waals surface area contributed by atoms with Crippen LogP contribution >= 0.6 is 0 Å². The maximum Gasteiger partial charge on any atom is 0.251 e. The molecule has 9 atom stereocenters. The Kier molecular flexibility index (Phi) is 11.7. The Morgan fingerprint density at radius 2 is 1.86 bits per heavy atom. The maximum atomic E-state index is 14.2. The number of carbonyl (C=O) groups excluding carboxylic acids is 2. The Labute approximate surface area is 298 Å². The van der Waals surface area contributed by atoms with Crippen molar-refractivity contribution in [1.29, 1.82) is 0 Å². The number of hydrogen-bond acceptors (Lipinski definition) is 8. The van der Waals surface area contributed by atoms with Gasteiger partial charge in [-0.1, -0.05) is 58.9 Å². The van der Waals surface area contributed by atoms with Gasteiger partial charge in [-0.05, 0) is 93.1 Å². The molecule has 1 aliphatic heterocycles.